The van der Waals surface area contributed by atoms with E-state index in [1.165, 1.54) is 0 Å². The lowest BCUT2D eigenvalue weighted by molar-refractivity contribution is 0.0668. The maximum Gasteiger partial charge on any atom is 0.356 e. The quantitative estimate of drug-likeness (QED) is 0.648. The van der Waals surface area contributed by atoms with E-state index in [0.717, 1.165) is 49.1 Å². The Labute approximate surface area is 126 Å². The first kappa shape index (κ1) is 14.8. The van der Waals surface area contributed by atoms with E-state index < -0.39 is 14.0 Å². The normalized spacial score (nSPS) is 23.6. The van der Waals surface area contributed by atoms with Crippen LogP contribution in [-0.2, 0) is 17.9 Å². The highest BCUT2D eigenvalue weighted by molar-refractivity contribution is 6.76. The minimum atomic E-state index is -1.09. The molecule has 1 saturated carbocycles. The molecule has 0 atom stereocenters. The third-order valence-corrected chi connectivity index (χ3v) is 6.34. The highest BCUT2D eigenvalue weighted by atomic mass is 28.3. The molecule has 3 aliphatic rings. The van der Waals surface area contributed by atoms with Crippen LogP contribution < -0.4 is 0 Å². The van der Waals surface area contributed by atoms with Crippen molar-refractivity contribution < 1.29 is 14.6 Å². The lowest BCUT2D eigenvalue weighted by Gasteiger charge is -2.41. The molecule has 3 aliphatic carbocycles. The zero-order chi connectivity index (χ0) is 15.2. The molecular formula is C15H24N2O3Si. The summed E-state index contributed by atoms with van der Waals surface area (Å²) in [6.45, 7) is 8.09. The van der Waals surface area contributed by atoms with Crippen LogP contribution in [0, 0.1) is 5.92 Å². The summed E-state index contributed by atoms with van der Waals surface area (Å²) in [5, 5.41) is 13.7. The summed E-state index contributed by atoms with van der Waals surface area (Å²) >= 11 is 0. The van der Waals surface area contributed by atoms with Crippen LogP contribution in [0.5, 0.6) is 0 Å². The van der Waals surface area contributed by atoms with Crippen LogP contribution in [0.15, 0.2) is 0 Å². The number of aromatic nitrogens is 2. The van der Waals surface area contributed by atoms with Crippen LogP contribution in [0.1, 0.15) is 40.5 Å². The van der Waals surface area contributed by atoms with Crippen LogP contribution in [0.3, 0.4) is 0 Å². The Bertz CT molecular complexity index is 556. The largest absolute Gasteiger partial charge is 0.476 e. The number of rotatable bonds is 6. The monoisotopic (exact) mass is 308 g/mol. The van der Waals surface area contributed by atoms with Gasteiger partial charge >= 0.3 is 5.97 Å². The zero-order valence-corrected chi connectivity index (χ0v) is 14.1. The fourth-order valence-electron chi connectivity index (χ4n) is 3.36. The average Bonchev–Trinajstić information content (AvgIpc) is 2.72. The maximum absolute atomic E-state index is 11.4. The molecule has 4 rings (SSSR count). The van der Waals surface area contributed by atoms with Gasteiger partial charge in [0.1, 0.15) is 6.73 Å². The number of carbonyl (C=O) groups is 1. The molecule has 1 N–H and O–H groups in total. The van der Waals surface area contributed by atoms with Gasteiger partial charge in [-0.1, -0.05) is 19.6 Å². The van der Waals surface area contributed by atoms with Crippen molar-refractivity contribution in [2.45, 2.75) is 57.6 Å². The van der Waals surface area contributed by atoms with E-state index in [2.05, 4.69) is 24.7 Å². The van der Waals surface area contributed by atoms with Gasteiger partial charge in [0.2, 0.25) is 0 Å². The molecular weight excluding hydrogens is 284 g/mol. The number of carboxylic acids is 1. The molecule has 116 valence electrons. The number of carboxylic acid groups (broad SMARTS) is 1. The Morgan fingerprint density at radius 1 is 1.43 bits per heavy atom. The Morgan fingerprint density at radius 3 is 2.76 bits per heavy atom. The van der Waals surface area contributed by atoms with Crippen molar-refractivity contribution in [1.82, 2.24) is 9.78 Å². The number of hydrogen-bond acceptors (Lipinski definition) is 3. The predicted octanol–water partition coefficient (Wildman–Crippen LogP) is 2.94. The number of hydrogen-bond donors (Lipinski definition) is 1. The van der Waals surface area contributed by atoms with Crippen molar-refractivity contribution in [1.29, 1.82) is 0 Å². The van der Waals surface area contributed by atoms with E-state index in [1.807, 2.05) is 0 Å². The van der Waals surface area contributed by atoms with Crippen molar-refractivity contribution in [3.8, 4) is 0 Å². The molecule has 1 heterocycles. The van der Waals surface area contributed by atoms with Gasteiger partial charge in [-0.15, -0.1) is 0 Å². The molecule has 21 heavy (non-hydrogen) atoms. The molecule has 1 aromatic heterocycles. The molecule has 0 spiro atoms. The molecule has 0 saturated heterocycles. The average molecular weight is 308 g/mol. The van der Waals surface area contributed by atoms with Crippen LogP contribution in [0.4, 0.5) is 0 Å². The van der Waals surface area contributed by atoms with Crippen molar-refractivity contribution in [2.24, 2.45) is 5.92 Å². The lowest BCUT2D eigenvalue weighted by atomic mass is 9.64. The summed E-state index contributed by atoms with van der Waals surface area (Å²) in [6, 6.07) is 1.12. The van der Waals surface area contributed by atoms with Gasteiger partial charge in [0.05, 0.1) is 0 Å². The molecule has 2 bridgehead atoms. The van der Waals surface area contributed by atoms with Gasteiger partial charge in [-0.25, -0.2) is 9.48 Å². The van der Waals surface area contributed by atoms with Crippen molar-refractivity contribution in [2.75, 3.05) is 6.61 Å². The van der Waals surface area contributed by atoms with Gasteiger partial charge in [-0.05, 0) is 37.1 Å². The molecule has 5 nitrogen and oxygen atoms in total. The van der Waals surface area contributed by atoms with Gasteiger partial charge in [0.15, 0.2) is 5.69 Å². The molecule has 6 heteroatoms. The van der Waals surface area contributed by atoms with Crippen molar-refractivity contribution in [3.05, 3.63) is 17.0 Å². The van der Waals surface area contributed by atoms with Crippen LogP contribution in [0.2, 0.25) is 25.7 Å². The third-order valence-electron chi connectivity index (χ3n) is 4.64. The Kier molecular flexibility index (Phi) is 3.69. The van der Waals surface area contributed by atoms with E-state index in [0.29, 0.717) is 12.6 Å². The number of aromatic carboxylic acids is 1. The molecule has 0 aromatic carbocycles. The lowest BCUT2D eigenvalue weighted by Crippen LogP contribution is -2.32. The Balaban J connectivity index is 1.71. The second-order valence-corrected chi connectivity index (χ2v) is 13.2. The molecule has 0 radical (unpaired) electrons. The van der Waals surface area contributed by atoms with E-state index >= 15 is 0 Å². The summed E-state index contributed by atoms with van der Waals surface area (Å²) in [6.07, 6.45) is 3.23. The van der Waals surface area contributed by atoms with Gasteiger partial charge in [0, 0.05) is 25.9 Å². The second kappa shape index (κ2) is 5.25. The van der Waals surface area contributed by atoms with Gasteiger partial charge < -0.3 is 9.84 Å². The van der Waals surface area contributed by atoms with E-state index in [-0.39, 0.29) is 5.69 Å². The first-order chi connectivity index (χ1) is 9.85. The van der Waals surface area contributed by atoms with Gasteiger partial charge in [-0.3, -0.25) is 0 Å². The molecule has 0 unspecified atom stereocenters. The van der Waals surface area contributed by atoms with Crippen LogP contribution in [0.25, 0.3) is 0 Å². The van der Waals surface area contributed by atoms with Crippen LogP contribution >= 0.6 is 0 Å². The minimum absolute atomic E-state index is 0.252. The second-order valence-electron chi connectivity index (χ2n) is 7.60. The zero-order valence-electron chi connectivity index (χ0n) is 13.1. The summed E-state index contributed by atoms with van der Waals surface area (Å²) in [7, 11) is -1.09. The van der Waals surface area contributed by atoms with E-state index in [1.54, 1.807) is 4.68 Å². The van der Waals surface area contributed by atoms with Crippen molar-refractivity contribution in [3.63, 3.8) is 0 Å². The van der Waals surface area contributed by atoms with E-state index in [4.69, 9.17) is 4.74 Å². The molecule has 0 amide bonds. The summed E-state index contributed by atoms with van der Waals surface area (Å²) in [5.74, 6) is 0.236. The standard InChI is InChI=1S/C15H24N2O3Si/c1-21(2,3)5-4-20-9-17-12-8-10-6-11(7-10)13(12)14(16-17)15(18)19/h10-11H,4-9H2,1-3H3,(H,18,19). The number of nitrogens with zero attached hydrogens (tertiary/aromatic N) is 2. The highest BCUT2D eigenvalue weighted by Crippen LogP contribution is 2.50. The third kappa shape index (κ3) is 2.92. The first-order valence-electron chi connectivity index (χ1n) is 7.76. The predicted molar refractivity (Wildman–Crippen MR) is 82.5 cm³/mol. The van der Waals surface area contributed by atoms with E-state index in [9.17, 15) is 9.90 Å². The maximum atomic E-state index is 11.4. The van der Waals surface area contributed by atoms with Crippen LogP contribution in [-0.4, -0.2) is 35.5 Å². The summed E-state index contributed by atoms with van der Waals surface area (Å²) in [5.41, 5.74) is 2.34. The highest BCUT2D eigenvalue weighted by Gasteiger charge is 2.42. The van der Waals surface area contributed by atoms with Gasteiger partial charge in [-0.2, -0.15) is 5.10 Å². The fourth-order valence-corrected chi connectivity index (χ4v) is 4.12. The molecule has 1 aromatic rings. The Morgan fingerprint density at radius 2 is 2.14 bits per heavy atom. The van der Waals surface area contributed by atoms with Gasteiger partial charge in [0.25, 0.3) is 0 Å². The first-order valence-corrected chi connectivity index (χ1v) is 11.5. The Hall–Kier alpha value is -1.14. The topological polar surface area (TPSA) is 64.4 Å². The summed E-state index contributed by atoms with van der Waals surface area (Å²) in [4.78, 5) is 11.4. The van der Waals surface area contributed by atoms with Crippen molar-refractivity contribution >= 4 is 14.0 Å². The smallest absolute Gasteiger partial charge is 0.356 e. The molecule has 1 fully saturated rings. The fraction of sp³-hybridized carbons (Fsp3) is 0.733. The minimum Gasteiger partial charge on any atom is -0.476 e. The SMILES string of the molecule is C[Si](C)(C)CCOCn1nc(C(=O)O)c2c1CC1CC2C1. The molecule has 0 aliphatic heterocycles. The summed E-state index contributed by atoms with van der Waals surface area (Å²) < 4.78 is 7.54. The number of ether oxygens (including phenoxy) is 1.